The van der Waals surface area contributed by atoms with Gasteiger partial charge in [0.25, 0.3) is 17.7 Å². The van der Waals surface area contributed by atoms with E-state index in [1.807, 2.05) is 12.1 Å². The van der Waals surface area contributed by atoms with Gasteiger partial charge in [0.1, 0.15) is 29.8 Å². The van der Waals surface area contributed by atoms with Gasteiger partial charge in [0.2, 0.25) is 11.8 Å². The van der Waals surface area contributed by atoms with Crippen molar-refractivity contribution in [3.63, 3.8) is 0 Å². The van der Waals surface area contributed by atoms with Gasteiger partial charge in [0, 0.05) is 74.7 Å². The summed E-state index contributed by atoms with van der Waals surface area (Å²) in [5, 5.41) is 23.6. The Kier molecular flexibility index (Phi) is 10.2. The van der Waals surface area contributed by atoms with Crippen LogP contribution in [-0.2, 0) is 16.0 Å². The summed E-state index contributed by atoms with van der Waals surface area (Å²) in [6.45, 7) is 12.2. The van der Waals surface area contributed by atoms with Gasteiger partial charge >= 0.3 is 0 Å². The van der Waals surface area contributed by atoms with Gasteiger partial charge in [-0.05, 0) is 48.9 Å². The van der Waals surface area contributed by atoms with Gasteiger partial charge in [-0.3, -0.25) is 39.1 Å². The summed E-state index contributed by atoms with van der Waals surface area (Å²) in [5.41, 5.74) is 1.78. The SMILES string of the molecule is CC1(C)C(NC(=O)c2ccc(N3CCN(CCc4cn(-c5ccc6c(c5)C(=O)N(C5CCC(=O)NC5=O)C6=O)nn4)CC3)nc2)C(C)(C)C1Oc1ccc(C#N)c(Cl)c1. The molecule has 16 nitrogen and oxygen atoms in total. The predicted molar refractivity (Wildman–Crippen MR) is 214 cm³/mol. The van der Waals surface area contributed by atoms with Crippen molar-refractivity contribution in [3.8, 4) is 17.5 Å². The minimum atomic E-state index is -1.03. The third-order valence-corrected chi connectivity index (χ3v) is 12.4. The summed E-state index contributed by atoms with van der Waals surface area (Å²) in [6.07, 6.45) is 4.00. The first-order valence-electron chi connectivity index (χ1n) is 19.5. The fourth-order valence-electron chi connectivity index (χ4n) is 9.13. The normalized spacial score (nSPS) is 22.3. The Bertz CT molecular complexity index is 2400. The van der Waals surface area contributed by atoms with Crippen LogP contribution in [0.15, 0.2) is 60.9 Å². The molecule has 304 valence electrons. The molecule has 5 amide bonds. The topological polar surface area (TPSA) is 196 Å². The van der Waals surface area contributed by atoms with Crippen LogP contribution < -0.4 is 20.3 Å². The average Bonchev–Trinajstić information content (AvgIpc) is 3.80. The van der Waals surface area contributed by atoms with E-state index in [0.29, 0.717) is 34.0 Å². The number of benzene rings is 2. The number of nitriles is 1. The molecule has 0 spiro atoms. The molecule has 2 saturated heterocycles. The number of rotatable bonds is 10. The van der Waals surface area contributed by atoms with E-state index in [9.17, 15) is 29.2 Å². The lowest BCUT2D eigenvalue weighted by molar-refractivity contribution is -0.164. The summed E-state index contributed by atoms with van der Waals surface area (Å²) in [7, 11) is 0. The molecule has 2 aromatic heterocycles. The van der Waals surface area contributed by atoms with Gasteiger partial charge in [0.15, 0.2) is 0 Å². The zero-order chi connectivity index (χ0) is 41.8. The molecule has 5 heterocycles. The van der Waals surface area contributed by atoms with Crippen LogP contribution in [-0.4, -0.2) is 110 Å². The van der Waals surface area contributed by atoms with E-state index in [1.54, 1.807) is 53.5 Å². The van der Waals surface area contributed by atoms with Gasteiger partial charge < -0.3 is 15.0 Å². The van der Waals surface area contributed by atoms with Gasteiger partial charge in [-0.1, -0.05) is 44.5 Å². The molecule has 1 aliphatic carbocycles. The van der Waals surface area contributed by atoms with E-state index in [-0.39, 0.29) is 52.9 Å². The number of nitrogens with zero attached hydrogens (tertiary/aromatic N) is 8. The highest BCUT2D eigenvalue weighted by atomic mass is 35.5. The Hall–Kier alpha value is -6.18. The maximum absolute atomic E-state index is 13.4. The second kappa shape index (κ2) is 15.2. The second-order valence-corrected chi connectivity index (χ2v) is 17.0. The first kappa shape index (κ1) is 39.6. The quantitative estimate of drug-likeness (QED) is 0.221. The summed E-state index contributed by atoms with van der Waals surface area (Å²) >= 11 is 6.24. The van der Waals surface area contributed by atoms with E-state index in [2.05, 4.69) is 69.5 Å². The van der Waals surface area contributed by atoms with Gasteiger partial charge in [0.05, 0.1) is 44.9 Å². The van der Waals surface area contributed by atoms with Gasteiger partial charge in [-0.25, -0.2) is 9.67 Å². The lowest BCUT2D eigenvalue weighted by Crippen LogP contribution is -2.74. The molecule has 1 unspecified atom stereocenters. The lowest BCUT2D eigenvalue weighted by Gasteiger charge is -2.63. The molecule has 1 saturated carbocycles. The van der Waals surface area contributed by atoms with E-state index >= 15 is 0 Å². The number of fused-ring (bicyclic) bond motifs is 1. The first-order valence-corrected chi connectivity index (χ1v) is 19.9. The van der Waals surface area contributed by atoms with E-state index in [0.717, 1.165) is 49.1 Å². The van der Waals surface area contributed by atoms with Crippen molar-refractivity contribution < 1.29 is 28.7 Å². The Morgan fingerprint density at radius 3 is 2.41 bits per heavy atom. The molecular formula is C42H43ClN10O6. The zero-order valence-corrected chi connectivity index (χ0v) is 33.8. The minimum absolute atomic E-state index is 0.0537. The maximum Gasteiger partial charge on any atom is 0.262 e. The number of hydrogen-bond acceptors (Lipinski definition) is 12. The maximum atomic E-state index is 13.4. The van der Waals surface area contributed by atoms with Crippen molar-refractivity contribution in [1.82, 2.24) is 40.4 Å². The lowest BCUT2D eigenvalue weighted by atomic mass is 9.49. The van der Waals surface area contributed by atoms with Crippen molar-refractivity contribution in [2.24, 2.45) is 10.8 Å². The smallest absolute Gasteiger partial charge is 0.262 e. The van der Waals surface area contributed by atoms with Crippen molar-refractivity contribution in [3.05, 3.63) is 93.9 Å². The zero-order valence-electron chi connectivity index (χ0n) is 33.1. The Labute approximate surface area is 345 Å². The number of ether oxygens (including phenoxy) is 1. The van der Waals surface area contributed by atoms with Crippen molar-refractivity contribution >= 4 is 47.0 Å². The minimum Gasteiger partial charge on any atom is -0.489 e. The molecule has 2 aromatic carbocycles. The molecule has 0 bridgehead atoms. The number of piperidine rings is 1. The first-order chi connectivity index (χ1) is 28.1. The van der Waals surface area contributed by atoms with Crippen molar-refractivity contribution in [2.45, 2.75) is 65.1 Å². The largest absolute Gasteiger partial charge is 0.489 e. The Morgan fingerprint density at radius 1 is 0.983 bits per heavy atom. The van der Waals surface area contributed by atoms with Crippen LogP contribution in [0.3, 0.4) is 0 Å². The fourth-order valence-corrected chi connectivity index (χ4v) is 9.34. The molecule has 0 radical (unpaired) electrons. The molecule has 1 atom stereocenters. The number of anilines is 1. The average molecular weight is 819 g/mol. The third-order valence-electron chi connectivity index (χ3n) is 12.0. The number of nitrogens with one attached hydrogen (secondary N) is 2. The summed E-state index contributed by atoms with van der Waals surface area (Å²) < 4.78 is 7.92. The number of amides is 5. The number of hydrogen-bond donors (Lipinski definition) is 2. The number of imide groups is 2. The van der Waals surface area contributed by atoms with E-state index in [1.165, 1.54) is 0 Å². The number of aromatic nitrogens is 4. The highest BCUT2D eigenvalue weighted by Gasteiger charge is 2.64. The van der Waals surface area contributed by atoms with Crippen LogP contribution in [0.2, 0.25) is 5.02 Å². The fraction of sp³-hybridized carbons (Fsp3) is 0.405. The highest BCUT2D eigenvalue weighted by molar-refractivity contribution is 6.31. The summed E-state index contributed by atoms with van der Waals surface area (Å²) in [6, 6.07) is 14.4. The molecule has 4 aromatic rings. The number of carbonyl (C=O) groups excluding carboxylic acids is 5. The van der Waals surface area contributed by atoms with E-state index < -0.39 is 29.7 Å². The summed E-state index contributed by atoms with van der Waals surface area (Å²) in [5.74, 6) is -1.04. The molecule has 3 aliphatic heterocycles. The van der Waals surface area contributed by atoms with Crippen molar-refractivity contribution in [1.29, 1.82) is 5.26 Å². The Balaban J connectivity index is 0.811. The van der Waals surface area contributed by atoms with Crippen LogP contribution in [0.4, 0.5) is 5.82 Å². The number of pyridine rings is 1. The van der Waals surface area contributed by atoms with Crippen LogP contribution in [0.1, 0.15) is 82.9 Å². The molecular weight excluding hydrogens is 776 g/mol. The highest BCUT2D eigenvalue weighted by Crippen LogP contribution is 2.55. The van der Waals surface area contributed by atoms with Crippen LogP contribution in [0.25, 0.3) is 5.69 Å². The predicted octanol–water partition coefficient (Wildman–Crippen LogP) is 3.57. The molecule has 8 rings (SSSR count). The molecule has 17 heteroatoms. The monoisotopic (exact) mass is 818 g/mol. The number of carbonyl (C=O) groups is 5. The molecule has 59 heavy (non-hydrogen) atoms. The van der Waals surface area contributed by atoms with Crippen LogP contribution in [0, 0.1) is 22.2 Å². The molecule has 4 aliphatic rings. The van der Waals surface area contributed by atoms with E-state index in [4.69, 9.17) is 16.3 Å². The van der Waals surface area contributed by atoms with Gasteiger partial charge in [-0.2, -0.15) is 5.26 Å². The Morgan fingerprint density at radius 2 is 1.73 bits per heavy atom. The third kappa shape index (κ3) is 7.29. The molecule has 3 fully saturated rings. The van der Waals surface area contributed by atoms with Crippen LogP contribution in [0.5, 0.6) is 5.75 Å². The summed E-state index contributed by atoms with van der Waals surface area (Å²) in [4.78, 5) is 73.9. The standard InChI is InChI=1S/C42H43ClN10O6/c1-41(2)39(42(3,4)40(41)59-28-8-5-24(21-44)31(43)20-28)47-35(55)25-6-11-33(45-22-25)51-17-15-50(16-18-51)14-13-26-23-52(49-48-26)27-7-9-29-30(19-27)38(58)53(37(29)57)32-10-12-34(54)46-36(32)56/h5-9,11,19-20,22-23,32,39-40H,10,12-18H2,1-4H3,(H,47,55)(H,46,54,56). The molecule has 2 N–H and O–H groups in total. The second-order valence-electron chi connectivity index (χ2n) is 16.6. The number of halogens is 1. The van der Waals surface area contributed by atoms with Crippen LogP contribution >= 0.6 is 11.6 Å². The number of piperazine rings is 1. The van der Waals surface area contributed by atoms with Crippen molar-refractivity contribution in [2.75, 3.05) is 37.6 Å². The van der Waals surface area contributed by atoms with Gasteiger partial charge in [-0.15, -0.1) is 5.10 Å².